The SMILES string of the molecule is c1ccc(N(c2ccc(-n3c4ccccc4c4ccc5ccccc5c43)cc2)c2cncc3c2oc2ccccc23)cc1. The number of fused-ring (bicyclic) bond motifs is 8. The van der Waals surface area contributed by atoms with Gasteiger partial charge in [0.1, 0.15) is 11.3 Å². The van der Waals surface area contributed by atoms with Gasteiger partial charge < -0.3 is 13.9 Å². The van der Waals surface area contributed by atoms with Crippen LogP contribution in [0.3, 0.4) is 0 Å². The lowest BCUT2D eigenvalue weighted by molar-refractivity contribution is 0.668. The predicted molar refractivity (Wildman–Crippen MR) is 178 cm³/mol. The third-order valence-corrected chi connectivity index (χ3v) is 8.45. The Kier molecular flexibility index (Phi) is 5.16. The Morgan fingerprint density at radius 3 is 2.07 bits per heavy atom. The molecule has 4 nitrogen and oxygen atoms in total. The van der Waals surface area contributed by atoms with Gasteiger partial charge in [0.2, 0.25) is 0 Å². The van der Waals surface area contributed by atoms with Gasteiger partial charge >= 0.3 is 0 Å². The fourth-order valence-corrected chi connectivity index (χ4v) is 6.54. The number of aromatic nitrogens is 2. The lowest BCUT2D eigenvalue weighted by Gasteiger charge is -2.25. The van der Waals surface area contributed by atoms with Gasteiger partial charge in [-0.25, -0.2) is 0 Å². The molecule has 9 aromatic rings. The zero-order chi connectivity index (χ0) is 28.3. The normalized spacial score (nSPS) is 11.7. The average Bonchev–Trinajstić information content (AvgIpc) is 3.63. The first-order valence-electron chi connectivity index (χ1n) is 14.5. The van der Waals surface area contributed by atoms with E-state index in [-0.39, 0.29) is 0 Å². The van der Waals surface area contributed by atoms with Gasteiger partial charge in [-0.1, -0.05) is 91.0 Å². The summed E-state index contributed by atoms with van der Waals surface area (Å²) in [5.74, 6) is 0. The van der Waals surface area contributed by atoms with Gasteiger partial charge in [0.15, 0.2) is 5.58 Å². The van der Waals surface area contributed by atoms with Gasteiger partial charge in [0.25, 0.3) is 0 Å². The van der Waals surface area contributed by atoms with E-state index < -0.39 is 0 Å². The van der Waals surface area contributed by atoms with Crippen molar-refractivity contribution in [3.63, 3.8) is 0 Å². The van der Waals surface area contributed by atoms with Gasteiger partial charge in [0, 0.05) is 50.2 Å². The van der Waals surface area contributed by atoms with Crippen molar-refractivity contribution in [1.82, 2.24) is 9.55 Å². The van der Waals surface area contributed by atoms with Crippen molar-refractivity contribution in [3.8, 4) is 5.69 Å². The largest absolute Gasteiger partial charge is 0.454 e. The summed E-state index contributed by atoms with van der Waals surface area (Å²) in [6.07, 6.45) is 3.79. The predicted octanol–water partition coefficient (Wildman–Crippen LogP) is 10.7. The second-order valence-electron chi connectivity index (χ2n) is 10.9. The molecule has 0 spiro atoms. The quantitative estimate of drug-likeness (QED) is 0.218. The Bertz CT molecular complexity index is 2450. The highest BCUT2D eigenvalue weighted by atomic mass is 16.3. The first-order valence-corrected chi connectivity index (χ1v) is 14.5. The Labute approximate surface area is 247 Å². The lowest BCUT2D eigenvalue weighted by Crippen LogP contribution is -2.10. The number of rotatable bonds is 4. The molecule has 0 fully saturated rings. The average molecular weight is 552 g/mol. The summed E-state index contributed by atoms with van der Waals surface area (Å²) >= 11 is 0. The molecule has 0 amide bonds. The molecular formula is C39H25N3O. The fourth-order valence-electron chi connectivity index (χ4n) is 6.54. The summed E-state index contributed by atoms with van der Waals surface area (Å²) < 4.78 is 8.84. The highest BCUT2D eigenvalue weighted by Crippen LogP contribution is 2.42. The first-order chi connectivity index (χ1) is 21.3. The Balaban J connectivity index is 1.26. The lowest BCUT2D eigenvalue weighted by atomic mass is 10.1. The molecule has 0 aliphatic heterocycles. The molecule has 3 heterocycles. The smallest absolute Gasteiger partial charge is 0.162 e. The molecule has 202 valence electrons. The molecule has 0 bridgehead atoms. The zero-order valence-electron chi connectivity index (χ0n) is 23.2. The van der Waals surface area contributed by atoms with Crippen molar-refractivity contribution in [2.45, 2.75) is 0 Å². The van der Waals surface area contributed by atoms with Crippen LogP contribution in [-0.4, -0.2) is 9.55 Å². The maximum absolute atomic E-state index is 6.44. The van der Waals surface area contributed by atoms with Crippen molar-refractivity contribution < 1.29 is 4.42 Å². The molecule has 0 saturated heterocycles. The molecule has 0 aliphatic carbocycles. The molecule has 0 aliphatic rings. The second-order valence-corrected chi connectivity index (χ2v) is 10.9. The molecule has 0 unspecified atom stereocenters. The van der Waals surface area contributed by atoms with E-state index in [4.69, 9.17) is 4.42 Å². The molecule has 3 aromatic heterocycles. The van der Waals surface area contributed by atoms with E-state index in [1.165, 1.54) is 32.6 Å². The minimum atomic E-state index is 0.818. The van der Waals surface area contributed by atoms with Crippen LogP contribution in [0.15, 0.2) is 156 Å². The third kappa shape index (κ3) is 3.60. The van der Waals surface area contributed by atoms with Crippen molar-refractivity contribution in [3.05, 3.63) is 152 Å². The summed E-state index contributed by atoms with van der Waals surface area (Å²) in [6.45, 7) is 0. The van der Waals surface area contributed by atoms with Crippen LogP contribution in [0, 0.1) is 0 Å². The number of hydrogen-bond donors (Lipinski definition) is 0. The Morgan fingerprint density at radius 2 is 1.21 bits per heavy atom. The summed E-state index contributed by atoms with van der Waals surface area (Å²) in [5, 5.41) is 7.05. The number of benzene rings is 6. The Hall–Kier alpha value is -5.87. The number of anilines is 3. The van der Waals surface area contributed by atoms with E-state index in [0.717, 1.165) is 44.7 Å². The highest BCUT2D eigenvalue weighted by molar-refractivity contribution is 6.18. The minimum absolute atomic E-state index is 0.818. The highest BCUT2D eigenvalue weighted by Gasteiger charge is 2.20. The van der Waals surface area contributed by atoms with E-state index in [1.54, 1.807) is 0 Å². The van der Waals surface area contributed by atoms with Gasteiger partial charge in [-0.2, -0.15) is 0 Å². The van der Waals surface area contributed by atoms with Gasteiger partial charge in [-0.05, 0) is 53.9 Å². The zero-order valence-corrected chi connectivity index (χ0v) is 23.2. The van der Waals surface area contributed by atoms with Crippen LogP contribution in [0.1, 0.15) is 0 Å². The molecule has 0 N–H and O–H groups in total. The van der Waals surface area contributed by atoms with Crippen LogP contribution in [0.25, 0.3) is 60.2 Å². The fraction of sp³-hybridized carbons (Fsp3) is 0. The van der Waals surface area contributed by atoms with Gasteiger partial charge in [0.05, 0.1) is 17.2 Å². The van der Waals surface area contributed by atoms with E-state index in [0.29, 0.717) is 0 Å². The first kappa shape index (κ1) is 23.8. The Morgan fingerprint density at radius 1 is 0.512 bits per heavy atom. The number of nitrogens with zero attached hydrogens (tertiary/aromatic N) is 3. The maximum Gasteiger partial charge on any atom is 0.162 e. The number of furan rings is 1. The molecule has 0 radical (unpaired) electrons. The van der Waals surface area contributed by atoms with Gasteiger partial charge in [-0.15, -0.1) is 0 Å². The van der Waals surface area contributed by atoms with Crippen LogP contribution in [-0.2, 0) is 0 Å². The van der Waals surface area contributed by atoms with E-state index in [1.807, 2.05) is 36.7 Å². The molecule has 43 heavy (non-hydrogen) atoms. The summed E-state index contributed by atoms with van der Waals surface area (Å²) in [5.41, 5.74) is 8.16. The number of pyridine rings is 1. The molecule has 0 saturated carbocycles. The molecule has 6 aromatic carbocycles. The van der Waals surface area contributed by atoms with Crippen molar-refractivity contribution in [2.24, 2.45) is 0 Å². The van der Waals surface area contributed by atoms with E-state index in [2.05, 4.69) is 130 Å². The standard InChI is InChI=1S/C39H25N3O/c1-2-11-27(12-3-1)41(36-25-40-24-34-32-15-7-9-17-37(32)43-39(34)36)28-19-21-29(22-20-28)42-35-16-8-6-14-31(35)33-23-18-26-10-4-5-13-30(26)38(33)42/h1-25H. The molecule has 9 rings (SSSR count). The van der Waals surface area contributed by atoms with E-state index >= 15 is 0 Å². The summed E-state index contributed by atoms with van der Waals surface area (Å²) in [6, 6.07) is 49.1. The van der Waals surface area contributed by atoms with Crippen molar-refractivity contribution in [1.29, 1.82) is 0 Å². The van der Waals surface area contributed by atoms with Crippen LogP contribution in [0.5, 0.6) is 0 Å². The van der Waals surface area contributed by atoms with Crippen molar-refractivity contribution >= 4 is 71.6 Å². The maximum atomic E-state index is 6.44. The third-order valence-electron chi connectivity index (χ3n) is 8.45. The molecule has 4 heteroatoms. The summed E-state index contributed by atoms with van der Waals surface area (Å²) in [7, 11) is 0. The number of hydrogen-bond acceptors (Lipinski definition) is 3. The van der Waals surface area contributed by atoms with Gasteiger partial charge in [-0.3, -0.25) is 4.98 Å². The van der Waals surface area contributed by atoms with Crippen molar-refractivity contribution in [2.75, 3.05) is 4.90 Å². The van der Waals surface area contributed by atoms with Crippen LogP contribution in [0.4, 0.5) is 17.1 Å². The monoisotopic (exact) mass is 551 g/mol. The second kappa shape index (κ2) is 9.33. The number of para-hydroxylation sites is 3. The van der Waals surface area contributed by atoms with Crippen LogP contribution >= 0.6 is 0 Å². The van der Waals surface area contributed by atoms with E-state index in [9.17, 15) is 0 Å². The van der Waals surface area contributed by atoms with Crippen LogP contribution < -0.4 is 4.90 Å². The molecular weight excluding hydrogens is 526 g/mol. The minimum Gasteiger partial charge on any atom is -0.454 e. The summed E-state index contributed by atoms with van der Waals surface area (Å²) in [4.78, 5) is 6.88. The van der Waals surface area contributed by atoms with Crippen LogP contribution in [0.2, 0.25) is 0 Å². The molecule has 0 atom stereocenters. The topological polar surface area (TPSA) is 34.2 Å².